The molecule has 6 heteroatoms. The normalized spacial score (nSPS) is 11.4. The summed E-state index contributed by atoms with van der Waals surface area (Å²) in [7, 11) is 0. The first kappa shape index (κ1) is 20.3. The number of benzene rings is 2. The number of carbonyl (C=O) groups excluding carboxylic acids is 2. The SMILES string of the molecule is CCOc1ccc(OCc2ccc(C(=O)NNC(=O)C(C)CC)cc2)cc1. The molecule has 1 atom stereocenters. The zero-order valence-corrected chi connectivity index (χ0v) is 16.0. The maximum absolute atomic E-state index is 12.1. The van der Waals surface area contributed by atoms with Crippen LogP contribution in [0.1, 0.15) is 43.1 Å². The Morgan fingerprint density at radius 1 is 0.889 bits per heavy atom. The number of nitrogens with one attached hydrogen (secondary N) is 2. The molecule has 0 heterocycles. The first-order valence-corrected chi connectivity index (χ1v) is 9.08. The second-order valence-electron chi connectivity index (χ2n) is 6.14. The summed E-state index contributed by atoms with van der Waals surface area (Å²) in [5.74, 6) is 0.845. The number of hydrazine groups is 1. The second-order valence-corrected chi connectivity index (χ2v) is 6.14. The highest BCUT2D eigenvalue weighted by molar-refractivity contribution is 5.95. The van der Waals surface area contributed by atoms with E-state index in [2.05, 4.69) is 10.9 Å². The second kappa shape index (κ2) is 10.2. The van der Waals surface area contributed by atoms with Gasteiger partial charge in [-0.25, -0.2) is 0 Å². The van der Waals surface area contributed by atoms with Crippen LogP contribution in [0.3, 0.4) is 0 Å². The van der Waals surface area contributed by atoms with Crippen LogP contribution in [0.25, 0.3) is 0 Å². The van der Waals surface area contributed by atoms with Crippen molar-refractivity contribution in [3.63, 3.8) is 0 Å². The molecule has 0 bridgehead atoms. The summed E-state index contributed by atoms with van der Waals surface area (Å²) in [6, 6.07) is 14.5. The standard InChI is InChI=1S/C21H26N2O4/c1-4-15(3)20(24)22-23-21(25)17-8-6-16(7-9-17)14-27-19-12-10-18(11-13-19)26-5-2/h6-13,15H,4-5,14H2,1-3H3,(H,22,24)(H,23,25). The number of amides is 2. The predicted octanol–water partition coefficient (Wildman–Crippen LogP) is 3.47. The summed E-state index contributed by atoms with van der Waals surface area (Å²) in [5, 5.41) is 0. The highest BCUT2D eigenvalue weighted by Crippen LogP contribution is 2.18. The summed E-state index contributed by atoms with van der Waals surface area (Å²) >= 11 is 0. The van der Waals surface area contributed by atoms with Gasteiger partial charge in [0, 0.05) is 11.5 Å². The Hall–Kier alpha value is -3.02. The molecular weight excluding hydrogens is 344 g/mol. The quantitative estimate of drug-likeness (QED) is 0.698. The fourth-order valence-corrected chi connectivity index (χ4v) is 2.22. The average Bonchev–Trinajstić information content (AvgIpc) is 2.71. The van der Waals surface area contributed by atoms with Crippen molar-refractivity contribution in [1.29, 1.82) is 0 Å². The number of carbonyl (C=O) groups is 2. The topological polar surface area (TPSA) is 76.7 Å². The molecule has 0 saturated carbocycles. The summed E-state index contributed by atoms with van der Waals surface area (Å²) in [5.41, 5.74) is 6.25. The van der Waals surface area contributed by atoms with Crippen molar-refractivity contribution in [2.45, 2.75) is 33.8 Å². The van der Waals surface area contributed by atoms with Crippen LogP contribution in [-0.2, 0) is 11.4 Å². The lowest BCUT2D eigenvalue weighted by molar-refractivity contribution is -0.125. The fourth-order valence-electron chi connectivity index (χ4n) is 2.22. The molecule has 2 aromatic rings. The fraction of sp³-hybridized carbons (Fsp3) is 0.333. The molecule has 0 aliphatic rings. The molecule has 0 aliphatic heterocycles. The Labute approximate surface area is 159 Å². The molecule has 27 heavy (non-hydrogen) atoms. The van der Waals surface area contributed by atoms with E-state index in [9.17, 15) is 9.59 Å². The summed E-state index contributed by atoms with van der Waals surface area (Å²) in [6.45, 7) is 6.68. The van der Waals surface area contributed by atoms with Crippen molar-refractivity contribution in [1.82, 2.24) is 10.9 Å². The third-order valence-electron chi connectivity index (χ3n) is 4.12. The first-order chi connectivity index (χ1) is 13.0. The van der Waals surface area contributed by atoms with Gasteiger partial charge in [0.2, 0.25) is 5.91 Å². The Kier molecular flexibility index (Phi) is 7.67. The molecule has 2 aromatic carbocycles. The van der Waals surface area contributed by atoms with E-state index in [0.717, 1.165) is 17.1 Å². The zero-order chi connectivity index (χ0) is 19.6. The van der Waals surface area contributed by atoms with Gasteiger partial charge in [0.15, 0.2) is 0 Å². The Bertz CT molecular complexity index is 742. The van der Waals surface area contributed by atoms with Gasteiger partial charge in [-0.05, 0) is 55.3 Å². The van der Waals surface area contributed by atoms with Crippen molar-refractivity contribution in [3.05, 3.63) is 59.7 Å². The Morgan fingerprint density at radius 3 is 2.04 bits per heavy atom. The van der Waals surface area contributed by atoms with E-state index >= 15 is 0 Å². The van der Waals surface area contributed by atoms with E-state index in [1.165, 1.54) is 0 Å². The molecule has 2 rings (SSSR count). The zero-order valence-electron chi connectivity index (χ0n) is 16.0. The molecular formula is C21H26N2O4. The van der Waals surface area contributed by atoms with Crippen LogP contribution in [0, 0.1) is 5.92 Å². The van der Waals surface area contributed by atoms with E-state index in [-0.39, 0.29) is 17.7 Å². The molecule has 0 radical (unpaired) electrons. The maximum Gasteiger partial charge on any atom is 0.269 e. The van der Waals surface area contributed by atoms with Crippen LogP contribution in [-0.4, -0.2) is 18.4 Å². The lowest BCUT2D eigenvalue weighted by Gasteiger charge is -2.11. The van der Waals surface area contributed by atoms with E-state index in [1.807, 2.05) is 50.2 Å². The van der Waals surface area contributed by atoms with E-state index in [1.54, 1.807) is 19.1 Å². The number of hydrogen-bond acceptors (Lipinski definition) is 4. The molecule has 6 nitrogen and oxygen atoms in total. The minimum atomic E-state index is -0.356. The monoisotopic (exact) mass is 370 g/mol. The van der Waals surface area contributed by atoms with Crippen molar-refractivity contribution in [2.75, 3.05) is 6.61 Å². The van der Waals surface area contributed by atoms with Crippen LogP contribution < -0.4 is 20.3 Å². The molecule has 2 N–H and O–H groups in total. The van der Waals surface area contributed by atoms with Gasteiger partial charge in [-0.15, -0.1) is 0 Å². The number of hydrogen-bond donors (Lipinski definition) is 2. The maximum atomic E-state index is 12.1. The third-order valence-corrected chi connectivity index (χ3v) is 4.12. The summed E-state index contributed by atoms with van der Waals surface area (Å²) in [4.78, 5) is 23.8. The smallest absolute Gasteiger partial charge is 0.269 e. The summed E-state index contributed by atoms with van der Waals surface area (Å²) < 4.78 is 11.1. The molecule has 0 aromatic heterocycles. The number of ether oxygens (including phenoxy) is 2. The van der Waals surface area contributed by atoms with Crippen molar-refractivity contribution in [3.8, 4) is 11.5 Å². The van der Waals surface area contributed by atoms with Gasteiger partial charge in [-0.2, -0.15) is 0 Å². The highest BCUT2D eigenvalue weighted by atomic mass is 16.5. The van der Waals surface area contributed by atoms with Gasteiger partial charge in [-0.3, -0.25) is 20.4 Å². The largest absolute Gasteiger partial charge is 0.494 e. The van der Waals surface area contributed by atoms with Crippen LogP contribution in [0.4, 0.5) is 0 Å². The predicted molar refractivity (Wildman–Crippen MR) is 103 cm³/mol. The van der Waals surface area contributed by atoms with Gasteiger partial charge < -0.3 is 9.47 Å². The van der Waals surface area contributed by atoms with E-state index in [0.29, 0.717) is 25.2 Å². The molecule has 0 saturated heterocycles. The van der Waals surface area contributed by atoms with Crippen molar-refractivity contribution in [2.24, 2.45) is 5.92 Å². The van der Waals surface area contributed by atoms with E-state index in [4.69, 9.17) is 9.47 Å². The average molecular weight is 370 g/mol. The Morgan fingerprint density at radius 2 is 1.48 bits per heavy atom. The lowest BCUT2D eigenvalue weighted by atomic mass is 10.1. The van der Waals surface area contributed by atoms with Gasteiger partial charge in [0.05, 0.1) is 6.61 Å². The molecule has 1 unspecified atom stereocenters. The molecule has 0 spiro atoms. The van der Waals surface area contributed by atoms with Gasteiger partial charge in [0.25, 0.3) is 5.91 Å². The molecule has 144 valence electrons. The molecule has 0 aliphatic carbocycles. The van der Waals surface area contributed by atoms with Crippen LogP contribution >= 0.6 is 0 Å². The van der Waals surface area contributed by atoms with E-state index < -0.39 is 0 Å². The minimum Gasteiger partial charge on any atom is -0.494 e. The van der Waals surface area contributed by atoms with Gasteiger partial charge in [-0.1, -0.05) is 26.0 Å². The van der Waals surface area contributed by atoms with Gasteiger partial charge >= 0.3 is 0 Å². The Balaban J connectivity index is 1.83. The van der Waals surface area contributed by atoms with Crippen molar-refractivity contribution >= 4 is 11.8 Å². The lowest BCUT2D eigenvalue weighted by Crippen LogP contribution is -2.43. The highest BCUT2D eigenvalue weighted by Gasteiger charge is 2.12. The first-order valence-electron chi connectivity index (χ1n) is 9.08. The van der Waals surface area contributed by atoms with Crippen LogP contribution in [0.5, 0.6) is 11.5 Å². The summed E-state index contributed by atoms with van der Waals surface area (Å²) in [6.07, 6.45) is 0.713. The minimum absolute atomic E-state index is 0.146. The molecule has 2 amide bonds. The number of rotatable bonds is 8. The van der Waals surface area contributed by atoms with Crippen LogP contribution in [0.2, 0.25) is 0 Å². The third kappa shape index (κ3) is 6.33. The molecule has 0 fully saturated rings. The van der Waals surface area contributed by atoms with Crippen molar-refractivity contribution < 1.29 is 19.1 Å². The van der Waals surface area contributed by atoms with Gasteiger partial charge in [0.1, 0.15) is 18.1 Å². The van der Waals surface area contributed by atoms with Crippen LogP contribution in [0.15, 0.2) is 48.5 Å².